The van der Waals surface area contributed by atoms with Crippen LogP contribution in [0.5, 0.6) is 0 Å². The van der Waals surface area contributed by atoms with Crippen LogP contribution in [-0.2, 0) is 19.9 Å². The fourth-order valence-electron chi connectivity index (χ4n) is 5.40. The van der Waals surface area contributed by atoms with E-state index in [4.69, 9.17) is 0 Å². The van der Waals surface area contributed by atoms with E-state index in [0.29, 0.717) is 6.54 Å². The van der Waals surface area contributed by atoms with Crippen LogP contribution in [0.15, 0.2) is 48.5 Å². The van der Waals surface area contributed by atoms with E-state index in [-0.39, 0.29) is 12.1 Å². The second-order valence-corrected chi connectivity index (χ2v) is 8.62. The number of rotatable bonds is 4. The van der Waals surface area contributed by atoms with Gasteiger partial charge in [0.1, 0.15) is 0 Å². The Morgan fingerprint density at radius 1 is 1.03 bits per heavy atom. The van der Waals surface area contributed by atoms with E-state index in [1.54, 1.807) is 5.01 Å². The number of carbonyl (C=O) groups is 3. The number of hydrazine groups is 1. The van der Waals surface area contributed by atoms with E-state index >= 15 is 0 Å². The minimum absolute atomic E-state index is 0.0226. The zero-order chi connectivity index (χ0) is 21.6. The SMILES string of the molecule is CNC(=O)C1NN(CC2(n3c4ccccc4c4ccccc43)CCCC2)CC(=O)C1=O. The number of hydrogen-bond donors (Lipinski definition) is 2. The van der Waals surface area contributed by atoms with Crippen LogP contribution < -0.4 is 10.7 Å². The largest absolute Gasteiger partial charge is 0.357 e. The Morgan fingerprint density at radius 2 is 1.61 bits per heavy atom. The van der Waals surface area contributed by atoms with Gasteiger partial charge in [-0.25, -0.2) is 10.4 Å². The molecule has 0 spiro atoms. The highest BCUT2D eigenvalue weighted by Crippen LogP contribution is 2.43. The van der Waals surface area contributed by atoms with E-state index in [0.717, 1.165) is 25.7 Å². The fourth-order valence-corrected chi connectivity index (χ4v) is 5.40. The minimum atomic E-state index is -1.16. The first-order valence-corrected chi connectivity index (χ1v) is 10.8. The Hall–Kier alpha value is -3.03. The Bertz CT molecular complexity index is 1140. The molecular formula is C24H26N4O3. The van der Waals surface area contributed by atoms with Gasteiger partial charge < -0.3 is 9.88 Å². The minimum Gasteiger partial charge on any atom is -0.357 e. The number of amides is 1. The molecule has 1 saturated carbocycles. The molecule has 1 aliphatic heterocycles. The summed E-state index contributed by atoms with van der Waals surface area (Å²) in [6, 6.07) is 15.7. The molecule has 0 radical (unpaired) electrons. The Kier molecular flexibility index (Phi) is 4.87. The van der Waals surface area contributed by atoms with Gasteiger partial charge in [0.15, 0.2) is 6.04 Å². The maximum Gasteiger partial charge on any atom is 0.246 e. The van der Waals surface area contributed by atoms with Gasteiger partial charge in [0.05, 0.1) is 12.1 Å². The molecule has 3 aromatic rings. The summed E-state index contributed by atoms with van der Waals surface area (Å²) in [6.07, 6.45) is 4.14. The van der Waals surface area contributed by atoms with Gasteiger partial charge in [-0.1, -0.05) is 49.2 Å². The van der Waals surface area contributed by atoms with Crippen LogP contribution in [-0.4, -0.2) is 53.2 Å². The summed E-state index contributed by atoms with van der Waals surface area (Å²) in [5.74, 6) is -1.68. The molecule has 31 heavy (non-hydrogen) atoms. The van der Waals surface area contributed by atoms with Crippen LogP contribution in [0, 0.1) is 0 Å². The van der Waals surface area contributed by atoms with E-state index in [1.165, 1.54) is 28.9 Å². The topological polar surface area (TPSA) is 83.4 Å². The van der Waals surface area contributed by atoms with Gasteiger partial charge in [-0.15, -0.1) is 0 Å². The highest BCUT2D eigenvalue weighted by atomic mass is 16.2. The molecule has 7 nitrogen and oxygen atoms in total. The first kappa shape index (κ1) is 19.9. The van der Waals surface area contributed by atoms with Gasteiger partial charge in [0.2, 0.25) is 17.5 Å². The summed E-state index contributed by atoms with van der Waals surface area (Å²) in [5.41, 5.74) is 5.15. The third-order valence-corrected chi connectivity index (χ3v) is 6.77. The van der Waals surface area contributed by atoms with Gasteiger partial charge in [0, 0.05) is 35.4 Å². The molecule has 1 aliphatic carbocycles. The molecule has 7 heteroatoms. The molecule has 0 bridgehead atoms. The van der Waals surface area contributed by atoms with Crippen molar-refractivity contribution < 1.29 is 14.4 Å². The van der Waals surface area contributed by atoms with E-state index in [9.17, 15) is 14.4 Å². The highest BCUT2D eigenvalue weighted by Gasteiger charge is 2.44. The third-order valence-electron chi connectivity index (χ3n) is 6.77. The second kappa shape index (κ2) is 7.59. The zero-order valence-electron chi connectivity index (χ0n) is 17.6. The first-order valence-electron chi connectivity index (χ1n) is 10.8. The lowest BCUT2D eigenvalue weighted by Gasteiger charge is -2.40. The van der Waals surface area contributed by atoms with Crippen molar-refractivity contribution in [1.29, 1.82) is 0 Å². The standard InChI is InChI=1S/C24H26N4O3/c1-25-23(31)21-22(30)20(29)14-27(26-21)15-24(12-6-7-13-24)28-18-10-4-2-8-16(18)17-9-3-5-11-19(17)28/h2-5,8-11,21,26H,6-7,12-15H2,1H3,(H,25,31). The van der Waals surface area contributed by atoms with E-state index in [1.807, 2.05) is 0 Å². The number of aromatic nitrogens is 1. The van der Waals surface area contributed by atoms with Crippen LogP contribution in [0.2, 0.25) is 0 Å². The fraction of sp³-hybridized carbons (Fsp3) is 0.375. The van der Waals surface area contributed by atoms with Crippen LogP contribution in [0.25, 0.3) is 21.8 Å². The van der Waals surface area contributed by atoms with Gasteiger partial charge >= 0.3 is 0 Å². The molecular weight excluding hydrogens is 392 g/mol. The molecule has 2 aliphatic rings. The third kappa shape index (κ3) is 3.16. The number of para-hydroxylation sites is 2. The number of Topliss-reactive ketones (excluding diaryl/α,β-unsaturated/α-hetero) is 2. The summed E-state index contributed by atoms with van der Waals surface area (Å²) in [6.45, 7) is 0.521. The molecule has 2 heterocycles. The Morgan fingerprint density at radius 3 is 2.19 bits per heavy atom. The maximum atomic E-state index is 12.4. The van der Waals surface area contributed by atoms with Crippen LogP contribution in [0.3, 0.4) is 0 Å². The summed E-state index contributed by atoms with van der Waals surface area (Å²) < 4.78 is 2.43. The number of nitrogens with zero attached hydrogens (tertiary/aromatic N) is 2. The average molecular weight is 418 g/mol. The van der Waals surface area contributed by atoms with Crippen LogP contribution in [0.4, 0.5) is 0 Å². The predicted molar refractivity (Wildman–Crippen MR) is 118 cm³/mol. The first-order chi connectivity index (χ1) is 15.0. The number of nitrogens with one attached hydrogen (secondary N) is 2. The molecule has 2 fully saturated rings. The van der Waals surface area contributed by atoms with Gasteiger partial charge in [-0.3, -0.25) is 14.4 Å². The van der Waals surface area contributed by atoms with Crippen molar-refractivity contribution >= 4 is 39.3 Å². The molecule has 2 N–H and O–H groups in total. The Labute approximate surface area is 180 Å². The predicted octanol–water partition coefficient (Wildman–Crippen LogP) is 2.14. The zero-order valence-corrected chi connectivity index (χ0v) is 17.6. The summed E-state index contributed by atoms with van der Waals surface area (Å²) in [4.78, 5) is 36.9. The van der Waals surface area contributed by atoms with Crippen molar-refractivity contribution in [3.8, 4) is 0 Å². The highest BCUT2D eigenvalue weighted by molar-refractivity contribution is 6.44. The summed E-state index contributed by atoms with van der Waals surface area (Å²) in [7, 11) is 1.47. The van der Waals surface area contributed by atoms with Crippen molar-refractivity contribution in [3.63, 3.8) is 0 Å². The van der Waals surface area contributed by atoms with Crippen molar-refractivity contribution in [1.82, 2.24) is 20.3 Å². The molecule has 160 valence electrons. The summed E-state index contributed by atoms with van der Waals surface area (Å²) in [5, 5.41) is 6.68. The quantitative estimate of drug-likeness (QED) is 0.501. The number of hydrogen-bond acceptors (Lipinski definition) is 5. The van der Waals surface area contributed by atoms with Crippen LogP contribution >= 0.6 is 0 Å². The van der Waals surface area contributed by atoms with Crippen molar-refractivity contribution in [2.24, 2.45) is 0 Å². The lowest BCUT2D eigenvalue weighted by molar-refractivity contribution is -0.148. The Balaban J connectivity index is 1.59. The lowest BCUT2D eigenvalue weighted by Crippen LogP contribution is -2.65. The maximum absolute atomic E-state index is 12.4. The smallest absolute Gasteiger partial charge is 0.246 e. The van der Waals surface area contributed by atoms with Gasteiger partial charge in [-0.2, -0.15) is 0 Å². The molecule has 2 aromatic carbocycles. The normalized spacial score (nSPS) is 21.8. The average Bonchev–Trinajstić information content (AvgIpc) is 3.38. The molecule has 5 rings (SSSR count). The second-order valence-electron chi connectivity index (χ2n) is 8.62. The lowest BCUT2D eigenvalue weighted by atomic mass is 9.95. The number of likely N-dealkylation sites (N-methyl/N-ethyl adjacent to an activating group) is 1. The van der Waals surface area contributed by atoms with Gasteiger partial charge in [-0.05, 0) is 25.0 Å². The van der Waals surface area contributed by atoms with Crippen molar-refractivity contribution in [2.45, 2.75) is 37.3 Å². The summed E-state index contributed by atoms with van der Waals surface area (Å²) >= 11 is 0. The van der Waals surface area contributed by atoms with Crippen LogP contribution in [0.1, 0.15) is 25.7 Å². The molecule has 1 amide bonds. The van der Waals surface area contributed by atoms with Crippen molar-refractivity contribution in [2.75, 3.05) is 20.1 Å². The molecule has 1 aromatic heterocycles. The number of carbonyl (C=O) groups excluding carboxylic acids is 3. The van der Waals surface area contributed by atoms with Gasteiger partial charge in [0.25, 0.3) is 0 Å². The van der Waals surface area contributed by atoms with E-state index < -0.39 is 23.5 Å². The number of fused-ring (bicyclic) bond motifs is 3. The number of benzene rings is 2. The monoisotopic (exact) mass is 418 g/mol. The van der Waals surface area contributed by atoms with E-state index in [2.05, 4.69) is 63.8 Å². The molecule has 1 saturated heterocycles. The van der Waals surface area contributed by atoms with Crippen molar-refractivity contribution in [3.05, 3.63) is 48.5 Å². The molecule has 1 atom stereocenters. The number of ketones is 2. The molecule has 1 unspecified atom stereocenters.